The van der Waals surface area contributed by atoms with Gasteiger partial charge in [-0.15, -0.1) is 0 Å². The van der Waals surface area contributed by atoms with Crippen molar-refractivity contribution in [1.82, 2.24) is 4.90 Å². The summed E-state index contributed by atoms with van der Waals surface area (Å²) in [5.74, 6) is 0. The van der Waals surface area contributed by atoms with Gasteiger partial charge in [0.15, 0.2) is 5.58 Å². The first-order chi connectivity index (χ1) is 11.6. The first kappa shape index (κ1) is 15.1. The zero-order chi connectivity index (χ0) is 16.8. The molecule has 3 heteroatoms. The number of para-hydroxylation sites is 1. The molecule has 0 unspecified atom stereocenters. The van der Waals surface area contributed by atoms with E-state index in [2.05, 4.69) is 74.2 Å². The number of nitrogens with zero attached hydrogens (tertiary/aromatic N) is 2. The van der Waals surface area contributed by atoms with Gasteiger partial charge in [-0.25, -0.2) is 0 Å². The van der Waals surface area contributed by atoms with Gasteiger partial charge in [0.25, 0.3) is 0 Å². The first-order valence-corrected chi connectivity index (χ1v) is 8.69. The van der Waals surface area contributed by atoms with Gasteiger partial charge in [-0.1, -0.05) is 30.3 Å². The zero-order valence-electron chi connectivity index (χ0n) is 14.8. The molecule has 4 rings (SSSR count). The number of aryl methyl sites for hydroxylation is 1. The topological polar surface area (TPSA) is 19.6 Å². The predicted octanol–water partition coefficient (Wildman–Crippen LogP) is 5.28. The molecule has 2 heterocycles. The maximum Gasteiger partial charge on any atom is 0.159 e. The molecule has 0 N–H and O–H groups in total. The largest absolute Gasteiger partial charge is 0.454 e. The molecule has 1 aliphatic rings. The Morgan fingerprint density at radius 1 is 1.04 bits per heavy atom. The second kappa shape index (κ2) is 5.59. The number of anilines is 1. The Labute approximate surface area is 143 Å². The maximum absolute atomic E-state index is 6.24. The van der Waals surface area contributed by atoms with Crippen molar-refractivity contribution in [2.45, 2.75) is 39.8 Å². The van der Waals surface area contributed by atoms with Crippen LogP contribution < -0.4 is 4.90 Å². The van der Waals surface area contributed by atoms with Crippen LogP contribution in [0.3, 0.4) is 0 Å². The summed E-state index contributed by atoms with van der Waals surface area (Å²) in [5.41, 5.74) is 4.38. The third-order valence-corrected chi connectivity index (χ3v) is 4.99. The molecule has 24 heavy (non-hydrogen) atoms. The van der Waals surface area contributed by atoms with Crippen LogP contribution in [0.4, 0.5) is 5.69 Å². The van der Waals surface area contributed by atoms with E-state index in [0.29, 0.717) is 12.1 Å². The summed E-state index contributed by atoms with van der Waals surface area (Å²) in [7, 11) is 0. The SMILES string of the molecule is Cc1ccc2c(oc3ccccc32)c1N1C=CN(C(C)C)[C@H](C)C1. The second-order valence-electron chi connectivity index (χ2n) is 7.05. The summed E-state index contributed by atoms with van der Waals surface area (Å²) < 4.78 is 6.24. The fraction of sp³-hybridized carbons (Fsp3) is 0.333. The lowest BCUT2D eigenvalue weighted by Gasteiger charge is -2.39. The average molecular weight is 320 g/mol. The Morgan fingerprint density at radius 3 is 2.58 bits per heavy atom. The van der Waals surface area contributed by atoms with Crippen molar-refractivity contribution in [3.8, 4) is 0 Å². The number of benzene rings is 2. The van der Waals surface area contributed by atoms with Crippen molar-refractivity contribution in [2.24, 2.45) is 0 Å². The Bertz CT molecular complexity index is 922. The Kier molecular flexibility index (Phi) is 3.52. The van der Waals surface area contributed by atoms with Gasteiger partial charge in [0.1, 0.15) is 5.58 Å². The molecule has 3 nitrogen and oxygen atoms in total. The van der Waals surface area contributed by atoms with E-state index in [4.69, 9.17) is 4.42 Å². The minimum absolute atomic E-state index is 0.467. The normalized spacial score (nSPS) is 18.3. The van der Waals surface area contributed by atoms with Gasteiger partial charge in [0, 0.05) is 41.8 Å². The Morgan fingerprint density at radius 2 is 1.83 bits per heavy atom. The number of fused-ring (bicyclic) bond motifs is 3. The number of hydrogen-bond acceptors (Lipinski definition) is 3. The molecular formula is C21H24N2O. The fourth-order valence-electron chi connectivity index (χ4n) is 3.82. The maximum atomic E-state index is 6.24. The Hall–Kier alpha value is -2.42. The summed E-state index contributed by atoms with van der Waals surface area (Å²) in [4.78, 5) is 4.74. The van der Waals surface area contributed by atoms with Crippen LogP contribution in [0.25, 0.3) is 21.9 Å². The molecule has 0 fully saturated rings. The summed E-state index contributed by atoms with van der Waals surface area (Å²) in [5, 5.41) is 2.38. The lowest BCUT2D eigenvalue weighted by atomic mass is 10.1. The van der Waals surface area contributed by atoms with Crippen LogP contribution in [-0.2, 0) is 0 Å². The standard InChI is InChI=1S/C21H24N2O/c1-14(2)23-12-11-22(13-16(23)4)20-15(3)9-10-18-17-7-5-6-8-19(17)24-21(18)20/h5-12,14,16H,13H2,1-4H3/t16-/m1/s1. The quantitative estimate of drug-likeness (QED) is 0.640. The van der Waals surface area contributed by atoms with Crippen LogP contribution in [0.5, 0.6) is 0 Å². The summed E-state index contributed by atoms with van der Waals surface area (Å²) in [6.45, 7) is 9.88. The van der Waals surface area contributed by atoms with Gasteiger partial charge in [-0.3, -0.25) is 0 Å². The first-order valence-electron chi connectivity index (χ1n) is 8.69. The predicted molar refractivity (Wildman–Crippen MR) is 101 cm³/mol. The lowest BCUT2D eigenvalue weighted by Crippen LogP contribution is -2.45. The van der Waals surface area contributed by atoms with E-state index >= 15 is 0 Å². The van der Waals surface area contributed by atoms with Crippen molar-refractivity contribution in [3.63, 3.8) is 0 Å². The van der Waals surface area contributed by atoms with Crippen LogP contribution in [0, 0.1) is 6.92 Å². The summed E-state index contributed by atoms with van der Waals surface area (Å²) in [6.07, 6.45) is 4.40. The highest BCUT2D eigenvalue weighted by molar-refractivity contribution is 6.09. The highest BCUT2D eigenvalue weighted by Gasteiger charge is 2.24. The molecular weight excluding hydrogens is 296 g/mol. The molecule has 0 amide bonds. The van der Waals surface area contributed by atoms with E-state index in [1.807, 2.05) is 12.1 Å². The molecule has 1 aromatic heterocycles. The van der Waals surface area contributed by atoms with Gasteiger partial charge < -0.3 is 14.2 Å². The molecule has 0 spiro atoms. The van der Waals surface area contributed by atoms with E-state index < -0.39 is 0 Å². The molecule has 0 bridgehead atoms. The number of rotatable bonds is 2. The van der Waals surface area contributed by atoms with E-state index in [1.165, 1.54) is 22.0 Å². The molecule has 1 aliphatic heterocycles. The number of hydrogen-bond donors (Lipinski definition) is 0. The van der Waals surface area contributed by atoms with E-state index in [1.54, 1.807) is 0 Å². The van der Waals surface area contributed by atoms with E-state index in [0.717, 1.165) is 17.7 Å². The number of furan rings is 1. The van der Waals surface area contributed by atoms with Gasteiger partial charge in [0.05, 0.1) is 5.69 Å². The van der Waals surface area contributed by atoms with Crippen molar-refractivity contribution in [3.05, 3.63) is 54.4 Å². The molecule has 124 valence electrons. The molecule has 0 saturated carbocycles. The summed E-state index contributed by atoms with van der Waals surface area (Å²) in [6, 6.07) is 13.6. The fourth-order valence-corrected chi connectivity index (χ4v) is 3.82. The van der Waals surface area contributed by atoms with Crippen molar-refractivity contribution >= 4 is 27.6 Å². The smallest absolute Gasteiger partial charge is 0.159 e. The highest BCUT2D eigenvalue weighted by atomic mass is 16.3. The van der Waals surface area contributed by atoms with Crippen LogP contribution in [-0.4, -0.2) is 23.5 Å². The lowest BCUT2D eigenvalue weighted by molar-refractivity contribution is 0.235. The van der Waals surface area contributed by atoms with Gasteiger partial charge >= 0.3 is 0 Å². The van der Waals surface area contributed by atoms with Crippen LogP contribution in [0.15, 0.2) is 53.2 Å². The monoisotopic (exact) mass is 320 g/mol. The minimum Gasteiger partial charge on any atom is -0.454 e. The van der Waals surface area contributed by atoms with Crippen LogP contribution >= 0.6 is 0 Å². The molecule has 1 atom stereocenters. The third kappa shape index (κ3) is 2.27. The molecule has 0 aliphatic carbocycles. The molecule has 0 saturated heterocycles. The van der Waals surface area contributed by atoms with E-state index in [-0.39, 0.29) is 0 Å². The van der Waals surface area contributed by atoms with Gasteiger partial charge in [-0.2, -0.15) is 0 Å². The van der Waals surface area contributed by atoms with E-state index in [9.17, 15) is 0 Å². The van der Waals surface area contributed by atoms with Crippen LogP contribution in [0.2, 0.25) is 0 Å². The second-order valence-corrected chi connectivity index (χ2v) is 7.05. The van der Waals surface area contributed by atoms with Gasteiger partial charge in [0.2, 0.25) is 0 Å². The molecule has 0 radical (unpaired) electrons. The molecule has 2 aromatic carbocycles. The van der Waals surface area contributed by atoms with Crippen molar-refractivity contribution < 1.29 is 4.42 Å². The minimum atomic E-state index is 0.467. The van der Waals surface area contributed by atoms with Crippen molar-refractivity contribution in [2.75, 3.05) is 11.4 Å². The van der Waals surface area contributed by atoms with Crippen LogP contribution in [0.1, 0.15) is 26.3 Å². The van der Waals surface area contributed by atoms with Gasteiger partial charge in [-0.05, 0) is 39.3 Å². The summed E-state index contributed by atoms with van der Waals surface area (Å²) >= 11 is 0. The zero-order valence-corrected chi connectivity index (χ0v) is 14.8. The van der Waals surface area contributed by atoms with Crippen molar-refractivity contribution in [1.29, 1.82) is 0 Å². The average Bonchev–Trinajstić information content (AvgIpc) is 2.92. The third-order valence-electron chi connectivity index (χ3n) is 4.99. The highest BCUT2D eigenvalue weighted by Crippen LogP contribution is 2.38. The Balaban J connectivity index is 1.87. The molecule has 3 aromatic rings.